The van der Waals surface area contributed by atoms with Crippen LogP contribution in [0, 0.1) is 18.3 Å². The molecule has 114 valence electrons. The number of hydrogen-bond acceptors (Lipinski definition) is 5. The van der Waals surface area contributed by atoms with Crippen LogP contribution in [-0.4, -0.2) is 45.2 Å². The standard InChI is InChI=1S/C13H16N2O4S2/c1-10-7-13(4-3-12(10)8-14)21(18,19)15-5-6-20(16,17)9-11(15)2/h3-4,7,11H,5-6,9H2,1-2H3. The van der Waals surface area contributed by atoms with Crippen LogP contribution in [0.5, 0.6) is 0 Å². The Bertz CT molecular complexity index is 807. The Morgan fingerprint density at radius 2 is 2.05 bits per heavy atom. The molecule has 8 heteroatoms. The molecule has 1 fully saturated rings. The fourth-order valence-electron chi connectivity index (χ4n) is 2.40. The van der Waals surface area contributed by atoms with Gasteiger partial charge in [0.15, 0.2) is 9.84 Å². The number of nitriles is 1. The molecule has 1 atom stereocenters. The molecule has 1 heterocycles. The normalized spacial score (nSPS) is 22.6. The molecule has 1 aliphatic heterocycles. The molecule has 1 aromatic carbocycles. The number of hydrogen-bond donors (Lipinski definition) is 0. The molecular formula is C13H16N2O4S2. The maximum atomic E-state index is 12.6. The molecule has 0 radical (unpaired) electrons. The predicted octanol–water partition coefficient (Wildman–Crippen LogP) is 0.674. The van der Waals surface area contributed by atoms with E-state index in [2.05, 4.69) is 0 Å². The molecule has 1 aromatic rings. The second-order valence-corrected chi connectivity index (χ2v) is 9.29. The zero-order valence-electron chi connectivity index (χ0n) is 11.8. The van der Waals surface area contributed by atoms with E-state index in [1.807, 2.05) is 6.07 Å². The second-order valence-electron chi connectivity index (χ2n) is 5.17. The van der Waals surface area contributed by atoms with Crippen molar-refractivity contribution in [3.05, 3.63) is 29.3 Å². The molecule has 21 heavy (non-hydrogen) atoms. The lowest BCUT2D eigenvalue weighted by Gasteiger charge is -2.32. The first-order chi connectivity index (χ1) is 9.67. The summed E-state index contributed by atoms with van der Waals surface area (Å²) >= 11 is 0. The fourth-order valence-corrected chi connectivity index (χ4v) is 5.88. The number of benzene rings is 1. The average molecular weight is 328 g/mol. The lowest BCUT2D eigenvalue weighted by Crippen LogP contribution is -2.49. The Morgan fingerprint density at radius 1 is 1.38 bits per heavy atom. The number of nitrogens with zero attached hydrogens (tertiary/aromatic N) is 2. The van der Waals surface area contributed by atoms with Gasteiger partial charge in [-0.3, -0.25) is 0 Å². The van der Waals surface area contributed by atoms with Gasteiger partial charge in [0.2, 0.25) is 10.0 Å². The third-order valence-electron chi connectivity index (χ3n) is 3.53. The summed E-state index contributed by atoms with van der Waals surface area (Å²) in [5, 5.41) is 8.88. The number of rotatable bonds is 2. The SMILES string of the molecule is Cc1cc(S(=O)(=O)N2CCS(=O)(=O)CC2C)ccc1C#N. The number of aryl methyl sites for hydroxylation is 1. The van der Waals surface area contributed by atoms with Crippen LogP contribution in [0.25, 0.3) is 0 Å². The van der Waals surface area contributed by atoms with E-state index < -0.39 is 25.9 Å². The van der Waals surface area contributed by atoms with E-state index in [-0.39, 0.29) is 22.9 Å². The van der Waals surface area contributed by atoms with Gasteiger partial charge >= 0.3 is 0 Å². The van der Waals surface area contributed by atoms with E-state index in [1.54, 1.807) is 13.8 Å². The maximum Gasteiger partial charge on any atom is 0.243 e. The van der Waals surface area contributed by atoms with Gasteiger partial charge < -0.3 is 0 Å². The van der Waals surface area contributed by atoms with Crippen molar-refractivity contribution in [2.45, 2.75) is 24.8 Å². The Labute approximate surface area is 125 Å². The maximum absolute atomic E-state index is 12.6. The zero-order valence-corrected chi connectivity index (χ0v) is 13.4. The van der Waals surface area contributed by atoms with Crippen molar-refractivity contribution in [3.8, 4) is 6.07 Å². The second kappa shape index (κ2) is 5.40. The van der Waals surface area contributed by atoms with Gasteiger partial charge in [-0.1, -0.05) is 0 Å². The van der Waals surface area contributed by atoms with Gasteiger partial charge in [0.05, 0.1) is 28.0 Å². The van der Waals surface area contributed by atoms with Crippen molar-refractivity contribution >= 4 is 19.9 Å². The van der Waals surface area contributed by atoms with E-state index in [4.69, 9.17) is 5.26 Å². The first-order valence-corrected chi connectivity index (χ1v) is 9.66. The van der Waals surface area contributed by atoms with Crippen LogP contribution in [0.3, 0.4) is 0 Å². The van der Waals surface area contributed by atoms with E-state index in [9.17, 15) is 16.8 Å². The third-order valence-corrected chi connectivity index (χ3v) is 7.34. The fraction of sp³-hybridized carbons (Fsp3) is 0.462. The molecule has 1 saturated heterocycles. The molecular weight excluding hydrogens is 312 g/mol. The first-order valence-electron chi connectivity index (χ1n) is 6.40. The lowest BCUT2D eigenvalue weighted by atomic mass is 10.1. The minimum absolute atomic E-state index is 0.0368. The molecule has 1 unspecified atom stereocenters. The van der Waals surface area contributed by atoms with Crippen molar-refractivity contribution in [1.29, 1.82) is 5.26 Å². The number of sulfone groups is 1. The Kier molecular flexibility index (Phi) is 4.10. The van der Waals surface area contributed by atoms with Crippen LogP contribution >= 0.6 is 0 Å². The van der Waals surface area contributed by atoms with E-state index in [1.165, 1.54) is 22.5 Å². The van der Waals surface area contributed by atoms with Gasteiger partial charge in [0, 0.05) is 12.6 Å². The summed E-state index contributed by atoms with van der Waals surface area (Å²) in [6.45, 7) is 3.22. The highest BCUT2D eigenvalue weighted by Gasteiger charge is 2.36. The summed E-state index contributed by atoms with van der Waals surface area (Å²) in [6.07, 6.45) is 0. The summed E-state index contributed by atoms with van der Waals surface area (Å²) in [4.78, 5) is 0.0881. The molecule has 0 saturated carbocycles. The number of sulfonamides is 1. The van der Waals surface area contributed by atoms with Crippen LogP contribution in [-0.2, 0) is 19.9 Å². The van der Waals surface area contributed by atoms with Crippen molar-refractivity contribution in [3.63, 3.8) is 0 Å². The predicted molar refractivity (Wildman–Crippen MR) is 77.9 cm³/mol. The van der Waals surface area contributed by atoms with E-state index in [0.717, 1.165) is 0 Å². The summed E-state index contributed by atoms with van der Waals surface area (Å²) in [6, 6.07) is 5.69. The van der Waals surface area contributed by atoms with Crippen LogP contribution in [0.4, 0.5) is 0 Å². The minimum Gasteiger partial charge on any atom is -0.229 e. The highest BCUT2D eigenvalue weighted by Crippen LogP contribution is 2.23. The van der Waals surface area contributed by atoms with Crippen LogP contribution in [0.1, 0.15) is 18.1 Å². The zero-order chi connectivity index (χ0) is 15.8. The summed E-state index contributed by atoms with van der Waals surface area (Å²) in [7, 11) is -6.92. The topological polar surface area (TPSA) is 95.3 Å². The third kappa shape index (κ3) is 3.10. The van der Waals surface area contributed by atoms with Crippen molar-refractivity contribution in [2.75, 3.05) is 18.1 Å². The highest BCUT2D eigenvalue weighted by molar-refractivity contribution is 7.92. The van der Waals surface area contributed by atoms with Gasteiger partial charge in [-0.15, -0.1) is 0 Å². The highest BCUT2D eigenvalue weighted by atomic mass is 32.2. The Balaban J connectivity index is 2.39. The van der Waals surface area contributed by atoms with Gasteiger partial charge in [-0.25, -0.2) is 16.8 Å². The average Bonchev–Trinajstić information content (AvgIpc) is 2.36. The monoisotopic (exact) mass is 328 g/mol. The molecule has 2 rings (SSSR count). The molecule has 6 nitrogen and oxygen atoms in total. The van der Waals surface area contributed by atoms with Crippen LogP contribution in [0.2, 0.25) is 0 Å². The molecule has 0 bridgehead atoms. The first kappa shape index (κ1) is 15.9. The smallest absolute Gasteiger partial charge is 0.229 e. The van der Waals surface area contributed by atoms with Crippen molar-refractivity contribution in [2.24, 2.45) is 0 Å². The van der Waals surface area contributed by atoms with E-state index in [0.29, 0.717) is 11.1 Å². The minimum atomic E-state index is -3.75. The van der Waals surface area contributed by atoms with Gasteiger partial charge in [0.1, 0.15) is 0 Å². The summed E-state index contributed by atoms with van der Waals surface area (Å²) in [5.41, 5.74) is 0.999. The van der Waals surface area contributed by atoms with Gasteiger partial charge in [-0.2, -0.15) is 9.57 Å². The van der Waals surface area contributed by atoms with Gasteiger partial charge in [0.25, 0.3) is 0 Å². The Morgan fingerprint density at radius 3 is 2.57 bits per heavy atom. The quantitative estimate of drug-likeness (QED) is 0.795. The molecule has 0 aromatic heterocycles. The molecule has 0 N–H and O–H groups in total. The van der Waals surface area contributed by atoms with Crippen LogP contribution < -0.4 is 0 Å². The molecule has 0 spiro atoms. The van der Waals surface area contributed by atoms with E-state index >= 15 is 0 Å². The largest absolute Gasteiger partial charge is 0.243 e. The van der Waals surface area contributed by atoms with Crippen LogP contribution in [0.15, 0.2) is 23.1 Å². The molecule has 0 aliphatic carbocycles. The van der Waals surface area contributed by atoms with Crippen molar-refractivity contribution in [1.82, 2.24) is 4.31 Å². The lowest BCUT2D eigenvalue weighted by molar-refractivity contribution is 0.357. The van der Waals surface area contributed by atoms with Gasteiger partial charge in [-0.05, 0) is 37.6 Å². The van der Waals surface area contributed by atoms with Crippen molar-refractivity contribution < 1.29 is 16.8 Å². The summed E-state index contributed by atoms with van der Waals surface area (Å²) in [5.74, 6) is -0.326. The molecule has 0 amide bonds. The molecule has 1 aliphatic rings. The summed E-state index contributed by atoms with van der Waals surface area (Å²) < 4.78 is 49.5. The Hall–Kier alpha value is -1.43.